The van der Waals surface area contributed by atoms with Crippen molar-refractivity contribution in [2.45, 2.75) is 26.7 Å². The van der Waals surface area contributed by atoms with Gasteiger partial charge in [-0.1, -0.05) is 26.0 Å². The molecule has 5 heteroatoms. The minimum absolute atomic E-state index is 0.0606. The summed E-state index contributed by atoms with van der Waals surface area (Å²) in [6, 6.07) is 11.2. The number of hydrogen-bond donors (Lipinski definition) is 1. The average Bonchev–Trinajstić information content (AvgIpc) is 3.05. The van der Waals surface area contributed by atoms with E-state index in [1.165, 1.54) is 18.8 Å². The van der Waals surface area contributed by atoms with Crippen LogP contribution < -0.4 is 10.2 Å². The highest BCUT2D eigenvalue weighted by atomic mass is 16.3. The molecule has 0 saturated carbocycles. The van der Waals surface area contributed by atoms with Crippen molar-refractivity contribution in [3.63, 3.8) is 0 Å². The van der Waals surface area contributed by atoms with Crippen molar-refractivity contribution < 1.29 is 14.0 Å². The predicted octanol–water partition coefficient (Wildman–Crippen LogP) is 3.19. The van der Waals surface area contributed by atoms with Gasteiger partial charge in [0.15, 0.2) is 5.76 Å². The van der Waals surface area contributed by atoms with Crippen molar-refractivity contribution in [1.29, 1.82) is 0 Å². The zero-order chi connectivity index (χ0) is 16.8. The molecule has 2 amide bonds. The number of carbonyl (C=O) groups is 2. The summed E-state index contributed by atoms with van der Waals surface area (Å²) in [6.07, 6.45) is 1.45. The first-order valence-electron chi connectivity index (χ1n) is 7.69. The van der Waals surface area contributed by atoms with Crippen molar-refractivity contribution in [3.8, 4) is 0 Å². The molecule has 23 heavy (non-hydrogen) atoms. The van der Waals surface area contributed by atoms with Crippen molar-refractivity contribution in [3.05, 3.63) is 54.0 Å². The highest BCUT2D eigenvalue weighted by molar-refractivity contribution is 5.92. The van der Waals surface area contributed by atoms with Crippen LogP contribution in [-0.4, -0.2) is 24.9 Å². The highest BCUT2D eigenvalue weighted by Crippen LogP contribution is 2.20. The van der Waals surface area contributed by atoms with Crippen LogP contribution in [0.3, 0.4) is 0 Å². The lowest BCUT2D eigenvalue weighted by Crippen LogP contribution is -2.37. The Morgan fingerprint density at radius 1 is 1.17 bits per heavy atom. The van der Waals surface area contributed by atoms with Crippen molar-refractivity contribution in [2.75, 3.05) is 18.0 Å². The van der Waals surface area contributed by atoms with Crippen LogP contribution in [0, 0.1) is 0 Å². The van der Waals surface area contributed by atoms with E-state index in [0.717, 1.165) is 5.69 Å². The largest absolute Gasteiger partial charge is 0.459 e. The molecular formula is C18H22N2O3. The van der Waals surface area contributed by atoms with Gasteiger partial charge in [-0.25, -0.2) is 0 Å². The molecule has 2 aromatic rings. The summed E-state index contributed by atoms with van der Waals surface area (Å²) >= 11 is 0. The summed E-state index contributed by atoms with van der Waals surface area (Å²) in [5.74, 6) is 0.367. The summed E-state index contributed by atoms with van der Waals surface area (Å²) in [4.78, 5) is 25.3. The lowest BCUT2D eigenvalue weighted by atomic mass is 10.0. The molecule has 0 saturated heterocycles. The van der Waals surface area contributed by atoms with Crippen LogP contribution in [0.25, 0.3) is 0 Å². The topological polar surface area (TPSA) is 62.6 Å². The minimum atomic E-state index is -0.284. The highest BCUT2D eigenvalue weighted by Gasteiger charge is 2.13. The van der Waals surface area contributed by atoms with Crippen LogP contribution in [0.15, 0.2) is 47.1 Å². The molecule has 1 heterocycles. The summed E-state index contributed by atoms with van der Waals surface area (Å²) in [6.45, 7) is 6.53. The van der Waals surface area contributed by atoms with Gasteiger partial charge in [-0.3, -0.25) is 9.59 Å². The van der Waals surface area contributed by atoms with Crippen LogP contribution in [0.5, 0.6) is 0 Å². The maximum absolute atomic E-state index is 11.9. The monoisotopic (exact) mass is 314 g/mol. The minimum Gasteiger partial charge on any atom is -0.459 e. The van der Waals surface area contributed by atoms with E-state index >= 15 is 0 Å². The molecule has 0 radical (unpaired) electrons. The fourth-order valence-electron chi connectivity index (χ4n) is 2.28. The normalized spacial score (nSPS) is 10.6. The molecule has 0 spiro atoms. The third-order valence-corrected chi connectivity index (χ3v) is 3.62. The number of nitrogens with zero attached hydrogens (tertiary/aromatic N) is 1. The quantitative estimate of drug-likeness (QED) is 0.890. The van der Waals surface area contributed by atoms with Gasteiger partial charge in [0.05, 0.1) is 6.26 Å². The van der Waals surface area contributed by atoms with E-state index in [4.69, 9.17) is 4.42 Å². The smallest absolute Gasteiger partial charge is 0.287 e. The Bertz CT molecular complexity index is 645. The number of furan rings is 1. The van der Waals surface area contributed by atoms with E-state index < -0.39 is 0 Å². The Kier molecular flexibility index (Phi) is 5.57. The van der Waals surface area contributed by atoms with Crippen LogP contribution in [0.1, 0.15) is 42.8 Å². The summed E-state index contributed by atoms with van der Waals surface area (Å²) < 4.78 is 5.03. The van der Waals surface area contributed by atoms with Crippen LogP contribution in [0.4, 0.5) is 5.69 Å². The molecular weight excluding hydrogens is 292 g/mol. The van der Waals surface area contributed by atoms with Crippen molar-refractivity contribution in [1.82, 2.24) is 5.32 Å². The molecule has 0 aliphatic heterocycles. The van der Waals surface area contributed by atoms with E-state index in [9.17, 15) is 9.59 Å². The molecule has 0 unspecified atom stereocenters. The third-order valence-electron chi connectivity index (χ3n) is 3.62. The van der Waals surface area contributed by atoms with Gasteiger partial charge in [0, 0.05) is 25.7 Å². The van der Waals surface area contributed by atoms with Crippen molar-refractivity contribution in [2.24, 2.45) is 0 Å². The van der Waals surface area contributed by atoms with E-state index in [-0.39, 0.29) is 17.6 Å². The van der Waals surface area contributed by atoms with Gasteiger partial charge in [0.1, 0.15) is 0 Å². The zero-order valence-electron chi connectivity index (χ0n) is 13.7. The third kappa shape index (κ3) is 4.45. The summed E-state index contributed by atoms with van der Waals surface area (Å²) in [5.41, 5.74) is 2.05. The summed E-state index contributed by atoms with van der Waals surface area (Å²) in [7, 11) is 0. The van der Waals surface area contributed by atoms with E-state index in [1.807, 2.05) is 24.3 Å². The predicted molar refractivity (Wildman–Crippen MR) is 89.6 cm³/mol. The fourth-order valence-corrected chi connectivity index (χ4v) is 2.28. The molecule has 0 bridgehead atoms. The van der Waals surface area contributed by atoms with Crippen LogP contribution in [-0.2, 0) is 4.79 Å². The molecule has 1 N–H and O–H groups in total. The number of rotatable bonds is 6. The molecule has 122 valence electrons. The van der Waals surface area contributed by atoms with Gasteiger partial charge in [-0.2, -0.15) is 0 Å². The van der Waals surface area contributed by atoms with E-state index in [2.05, 4.69) is 19.2 Å². The second kappa shape index (κ2) is 7.63. The number of anilines is 1. The first-order valence-corrected chi connectivity index (χ1v) is 7.69. The van der Waals surface area contributed by atoms with Crippen LogP contribution >= 0.6 is 0 Å². The second-order valence-corrected chi connectivity index (χ2v) is 5.65. The van der Waals surface area contributed by atoms with Gasteiger partial charge in [0.2, 0.25) is 5.91 Å². The molecule has 0 aliphatic carbocycles. The average molecular weight is 314 g/mol. The van der Waals surface area contributed by atoms with Gasteiger partial charge in [-0.05, 0) is 35.7 Å². The Hall–Kier alpha value is -2.56. The molecule has 1 aromatic heterocycles. The maximum atomic E-state index is 11.9. The number of benzene rings is 1. The first-order chi connectivity index (χ1) is 11.0. The fraction of sp³-hybridized carbons (Fsp3) is 0.333. The number of amides is 2. The molecule has 5 nitrogen and oxygen atoms in total. The Morgan fingerprint density at radius 2 is 1.87 bits per heavy atom. The van der Waals surface area contributed by atoms with Gasteiger partial charge < -0.3 is 14.6 Å². The standard InChI is InChI=1S/C18H22N2O3/c1-13(2)15-6-8-16(9-7-15)20(14(3)21)11-10-19-18(22)17-5-4-12-23-17/h4-9,12-13H,10-11H2,1-3H3,(H,19,22). The van der Waals surface area contributed by atoms with Gasteiger partial charge in [0.25, 0.3) is 5.91 Å². The second-order valence-electron chi connectivity index (χ2n) is 5.65. The first kappa shape index (κ1) is 16.8. The Morgan fingerprint density at radius 3 is 2.39 bits per heavy atom. The zero-order valence-corrected chi connectivity index (χ0v) is 13.7. The number of hydrogen-bond acceptors (Lipinski definition) is 3. The number of carbonyl (C=O) groups excluding carboxylic acids is 2. The lowest BCUT2D eigenvalue weighted by Gasteiger charge is -2.22. The van der Waals surface area contributed by atoms with Crippen molar-refractivity contribution >= 4 is 17.5 Å². The Labute approximate surface area is 136 Å². The van der Waals surface area contributed by atoms with Gasteiger partial charge in [-0.15, -0.1) is 0 Å². The molecule has 0 fully saturated rings. The Balaban J connectivity index is 1.96. The summed E-state index contributed by atoms with van der Waals surface area (Å²) in [5, 5.41) is 2.74. The van der Waals surface area contributed by atoms with Gasteiger partial charge >= 0.3 is 0 Å². The molecule has 2 rings (SSSR count). The SMILES string of the molecule is CC(=O)N(CCNC(=O)c1ccco1)c1ccc(C(C)C)cc1. The maximum Gasteiger partial charge on any atom is 0.287 e. The lowest BCUT2D eigenvalue weighted by molar-refractivity contribution is -0.116. The number of nitrogens with one attached hydrogen (secondary N) is 1. The van der Waals surface area contributed by atoms with Crippen LogP contribution in [0.2, 0.25) is 0 Å². The molecule has 1 aromatic carbocycles. The molecule has 0 atom stereocenters. The van der Waals surface area contributed by atoms with E-state index in [1.54, 1.807) is 17.0 Å². The molecule has 0 aliphatic rings. The van der Waals surface area contributed by atoms with E-state index in [0.29, 0.717) is 19.0 Å².